The molecule has 0 bridgehead atoms. The number of unbranched alkanes of at least 4 members (excludes halogenated alkanes) is 26. The van der Waals surface area contributed by atoms with Crippen molar-refractivity contribution < 1.29 is 57.1 Å². The fourth-order valence-electron chi connectivity index (χ4n) is 6.84. The van der Waals surface area contributed by atoms with Crippen molar-refractivity contribution in [3.63, 3.8) is 0 Å². The predicted molar refractivity (Wildman–Crippen MR) is 210 cm³/mol. The average Bonchev–Trinajstić information content (AvgIpc) is 3.52. The second-order valence-electron chi connectivity index (χ2n) is 15.7. The molecule has 0 radical (unpaired) electrons. The summed E-state index contributed by atoms with van der Waals surface area (Å²) < 4.78 is 141. The number of rotatable bonds is 35. The Morgan fingerprint density at radius 1 is 0.509 bits per heavy atom. The van der Waals surface area contributed by atoms with Gasteiger partial charge >= 0.3 is 23.3 Å². The number of imidazole rings is 1. The number of aromatic nitrogens is 2. The first-order valence-electron chi connectivity index (χ1n) is 22.1. The summed E-state index contributed by atoms with van der Waals surface area (Å²) in [6.45, 7) is 9.40. The summed E-state index contributed by atoms with van der Waals surface area (Å²) in [6, 6.07) is 0. The second-order valence-corrected chi connectivity index (χ2v) is 17.1. The van der Waals surface area contributed by atoms with Crippen molar-refractivity contribution in [1.29, 1.82) is 0 Å². The van der Waals surface area contributed by atoms with Crippen molar-refractivity contribution in [2.24, 2.45) is 0 Å². The SMILES string of the molecule is CCCCCCCCCCCCn1cc[n+](CCCCCCCCCCCC)c1CCCCCCCCCCC.O=S(=O)([O-])C(F)(F)C(F)(F)C(F)(F)C(F)(F)F. The smallest absolute Gasteiger partial charge is 0.460 e. The number of aryl methyl sites for hydroxylation is 2. The number of hydrogen-bond donors (Lipinski definition) is 0. The van der Waals surface area contributed by atoms with Gasteiger partial charge < -0.3 is 4.55 Å². The lowest BCUT2D eigenvalue weighted by Crippen LogP contribution is -2.63. The Labute approximate surface area is 339 Å². The van der Waals surface area contributed by atoms with E-state index in [4.69, 9.17) is 0 Å². The van der Waals surface area contributed by atoms with Crippen LogP contribution in [0.4, 0.5) is 39.5 Å². The molecule has 0 N–H and O–H groups in total. The van der Waals surface area contributed by atoms with Crippen LogP contribution in [0, 0.1) is 0 Å². The Bertz CT molecular complexity index is 1180. The minimum absolute atomic E-state index is 1.23. The molecule has 0 saturated heterocycles. The van der Waals surface area contributed by atoms with Crippen LogP contribution in [0.5, 0.6) is 0 Å². The minimum atomic E-state index is -7.43. The summed E-state index contributed by atoms with van der Waals surface area (Å²) in [5.74, 6) is -13.2. The number of hydrogen-bond acceptors (Lipinski definition) is 3. The van der Waals surface area contributed by atoms with Crippen LogP contribution in [0.3, 0.4) is 0 Å². The molecule has 0 aliphatic rings. The van der Waals surface area contributed by atoms with E-state index in [1.54, 1.807) is 5.82 Å². The van der Waals surface area contributed by atoms with Crippen molar-refractivity contribution in [3.05, 3.63) is 18.2 Å². The van der Waals surface area contributed by atoms with Crippen LogP contribution in [-0.4, -0.2) is 40.8 Å². The monoisotopic (exact) mass is 859 g/mol. The zero-order valence-corrected chi connectivity index (χ0v) is 36.0. The third kappa shape index (κ3) is 22.1. The molecule has 1 aromatic rings. The molecule has 0 spiro atoms. The molecule has 0 fully saturated rings. The molecule has 0 amide bonds. The van der Waals surface area contributed by atoms with Gasteiger partial charge in [0.05, 0.1) is 13.1 Å². The van der Waals surface area contributed by atoms with Gasteiger partial charge in [-0.15, -0.1) is 0 Å². The largest absolute Gasteiger partial charge is 0.743 e. The Hall–Kier alpha value is -1.51. The highest BCUT2D eigenvalue weighted by Gasteiger charge is 2.83. The minimum Gasteiger partial charge on any atom is -0.743 e. The molecule has 0 atom stereocenters. The molecular weight excluding hydrogens is 784 g/mol. The molecule has 0 aliphatic carbocycles. The lowest BCUT2D eigenvalue weighted by atomic mass is 10.1. The first kappa shape index (κ1) is 55.5. The summed E-state index contributed by atoms with van der Waals surface area (Å²) in [4.78, 5) is 0. The number of nitrogens with zero attached hydrogens (tertiary/aromatic N) is 2. The molecule has 0 aliphatic heterocycles. The third-order valence-electron chi connectivity index (χ3n) is 10.5. The summed E-state index contributed by atoms with van der Waals surface area (Å²) >= 11 is 0. The van der Waals surface area contributed by atoms with Crippen LogP contribution in [0.2, 0.25) is 0 Å². The molecule has 0 saturated carbocycles. The van der Waals surface area contributed by atoms with Gasteiger partial charge in [-0.25, -0.2) is 17.6 Å². The molecule has 340 valence electrons. The lowest BCUT2D eigenvalue weighted by Gasteiger charge is -2.34. The third-order valence-corrected chi connectivity index (χ3v) is 11.4. The Balaban J connectivity index is 0.00000154. The highest BCUT2D eigenvalue weighted by atomic mass is 32.2. The van der Waals surface area contributed by atoms with E-state index in [9.17, 15) is 52.5 Å². The number of halogens is 9. The van der Waals surface area contributed by atoms with E-state index in [1.807, 2.05) is 0 Å². The van der Waals surface area contributed by atoms with Crippen LogP contribution < -0.4 is 4.57 Å². The fourth-order valence-corrected chi connectivity index (χ4v) is 7.29. The standard InChI is InChI=1S/C38H75N2.C4HF9O3S/c1-4-7-10-13-16-19-22-25-28-31-34-39-36-37-40(35-32-29-26-23-20-17-14-11-8-5-2)38(39)33-30-27-24-21-18-15-12-9-6-3;5-1(6,3(9,10)11)2(7,8)4(12,13)17(14,15)16/h36-37H,4-35H2,1-3H3;(H,14,15,16)/q+1;/p-1. The Morgan fingerprint density at radius 2 is 0.842 bits per heavy atom. The summed E-state index contributed by atoms with van der Waals surface area (Å²) in [5, 5.41) is -7.11. The van der Waals surface area contributed by atoms with Crippen LogP contribution in [0.15, 0.2) is 12.4 Å². The van der Waals surface area contributed by atoms with Crippen LogP contribution >= 0.6 is 0 Å². The van der Waals surface area contributed by atoms with Crippen molar-refractivity contribution >= 4 is 10.1 Å². The van der Waals surface area contributed by atoms with Gasteiger partial charge in [0.1, 0.15) is 12.4 Å². The second kappa shape index (κ2) is 30.5. The van der Waals surface area contributed by atoms with Crippen LogP contribution in [-0.2, 0) is 29.6 Å². The highest BCUT2D eigenvalue weighted by molar-refractivity contribution is 7.86. The van der Waals surface area contributed by atoms with Gasteiger partial charge in [0.2, 0.25) is 0 Å². The van der Waals surface area contributed by atoms with Crippen molar-refractivity contribution in [1.82, 2.24) is 4.57 Å². The van der Waals surface area contributed by atoms with Gasteiger partial charge in [0.15, 0.2) is 10.1 Å². The molecule has 15 heteroatoms. The first-order chi connectivity index (χ1) is 26.8. The van der Waals surface area contributed by atoms with E-state index in [2.05, 4.69) is 42.3 Å². The summed E-state index contributed by atoms with van der Waals surface area (Å²) in [5.41, 5.74) is 0. The molecular formula is C42H75F9N2O3S. The van der Waals surface area contributed by atoms with Gasteiger partial charge in [0.25, 0.3) is 5.82 Å². The van der Waals surface area contributed by atoms with E-state index in [-0.39, 0.29) is 0 Å². The maximum absolute atomic E-state index is 12.2. The lowest BCUT2D eigenvalue weighted by molar-refractivity contribution is -0.704. The molecule has 1 rings (SSSR count). The van der Waals surface area contributed by atoms with E-state index in [0.717, 1.165) is 0 Å². The zero-order valence-electron chi connectivity index (χ0n) is 35.2. The van der Waals surface area contributed by atoms with Gasteiger partial charge in [-0.1, -0.05) is 175 Å². The van der Waals surface area contributed by atoms with E-state index >= 15 is 0 Å². The zero-order chi connectivity index (χ0) is 43.3. The van der Waals surface area contributed by atoms with Gasteiger partial charge in [-0.3, -0.25) is 0 Å². The topological polar surface area (TPSA) is 66.0 Å². The van der Waals surface area contributed by atoms with E-state index in [0.29, 0.717) is 0 Å². The Morgan fingerprint density at radius 3 is 1.19 bits per heavy atom. The average molecular weight is 859 g/mol. The van der Waals surface area contributed by atoms with Crippen LogP contribution in [0.1, 0.15) is 213 Å². The van der Waals surface area contributed by atoms with Gasteiger partial charge in [0, 0.05) is 6.42 Å². The van der Waals surface area contributed by atoms with Crippen molar-refractivity contribution in [2.75, 3.05) is 0 Å². The molecule has 0 unspecified atom stereocenters. The number of alkyl halides is 9. The molecule has 1 aromatic heterocycles. The quantitative estimate of drug-likeness (QED) is 0.0296. The van der Waals surface area contributed by atoms with Gasteiger partial charge in [-0.05, 0) is 32.1 Å². The maximum Gasteiger partial charge on any atom is 0.460 e. The van der Waals surface area contributed by atoms with Gasteiger partial charge in [-0.2, -0.15) is 39.5 Å². The first-order valence-corrected chi connectivity index (χ1v) is 23.5. The molecule has 5 nitrogen and oxygen atoms in total. The summed E-state index contributed by atoms with van der Waals surface area (Å²) in [7, 11) is -7.42. The fraction of sp³-hybridized carbons (Fsp3) is 0.929. The van der Waals surface area contributed by atoms with E-state index in [1.165, 1.54) is 206 Å². The normalized spacial score (nSPS) is 12.9. The van der Waals surface area contributed by atoms with E-state index < -0.39 is 33.4 Å². The maximum atomic E-state index is 12.2. The highest BCUT2D eigenvalue weighted by Crippen LogP contribution is 2.54. The molecule has 0 aromatic carbocycles. The van der Waals surface area contributed by atoms with Crippen molar-refractivity contribution in [3.8, 4) is 0 Å². The predicted octanol–water partition coefficient (Wildman–Crippen LogP) is 14.6. The molecule has 1 heterocycles. The Kier molecular flexibility index (Phi) is 29.7. The molecule has 57 heavy (non-hydrogen) atoms. The summed E-state index contributed by atoms with van der Waals surface area (Å²) in [6.07, 6.45) is 40.2. The van der Waals surface area contributed by atoms with Crippen molar-refractivity contribution in [2.45, 2.75) is 250 Å². The van der Waals surface area contributed by atoms with Crippen LogP contribution in [0.25, 0.3) is 0 Å².